The molecule has 0 aliphatic carbocycles. The van der Waals surface area contributed by atoms with Crippen molar-refractivity contribution in [1.29, 1.82) is 0 Å². The Bertz CT molecular complexity index is 811. The molecule has 0 aliphatic heterocycles. The molecule has 22 heavy (non-hydrogen) atoms. The molecule has 2 aromatic heterocycles. The second-order valence-corrected chi connectivity index (χ2v) is 5.72. The highest BCUT2D eigenvalue weighted by molar-refractivity contribution is 9.10. The number of furan rings is 1. The van der Waals surface area contributed by atoms with E-state index in [2.05, 4.69) is 20.9 Å². The number of pyridine rings is 1. The van der Waals surface area contributed by atoms with E-state index >= 15 is 0 Å². The van der Waals surface area contributed by atoms with Crippen molar-refractivity contribution >= 4 is 32.9 Å². The molecule has 3 aromatic rings. The molecule has 0 bridgehead atoms. The van der Waals surface area contributed by atoms with Gasteiger partial charge < -0.3 is 9.15 Å². The molecule has 0 radical (unpaired) electrons. The molecule has 0 saturated heterocycles. The van der Waals surface area contributed by atoms with E-state index in [0.717, 1.165) is 27.4 Å². The van der Waals surface area contributed by atoms with Crippen LogP contribution in [0.1, 0.15) is 28.6 Å². The van der Waals surface area contributed by atoms with E-state index in [0.29, 0.717) is 12.2 Å². The number of rotatable bonds is 4. The molecule has 0 saturated carbocycles. The molecule has 0 spiro atoms. The van der Waals surface area contributed by atoms with Crippen molar-refractivity contribution in [3.63, 3.8) is 0 Å². The van der Waals surface area contributed by atoms with E-state index in [-0.39, 0.29) is 5.76 Å². The molecule has 1 aromatic carbocycles. The van der Waals surface area contributed by atoms with E-state index in [4.69, 9.17) is 9.15 Å². The van der Waals surface area contributed by atoms with E-state index in [1.807, 2.05) is 30.5 Å². The van der Waals surface area contributed by atoms with Crippen molar-refractivity contribution in [2.24, 2.45) is 0 Å². The standard InChI is InChI=1S/C17H14BrNO3/c1-2-21-17(20)15-9-13-7-12(8-14(18)16(13)22-15)6-11-4-3-5-19-10-11/h3-5,7-10H,2,6H2,1H3. The van der Waals surface area contributed by atoms with Crippen LogP contribution in [0, 0.1) is 0 Å². The van der Waals surface area contributed by atoms with Gasteiger partial charge in [0.25, 0.3) is 0 Å². The van der Waals surface area contributed by atoms with Crippen LogP contribution in [0.5, 0.6) is 0 Å². The summed E-state index contributed by atoms with van der Waals surface area (Å²) in [4.78, 5) is 15.9. The molecule has 112 valence electrons. The molecule has 5 heteroatoms. The summed E-state index contributed by atoms with van der Waals surface area (Å²) in [5.74, 6) is -0.226. The SMILES string of the molecule is CCOC(=O)c1cc2cc(Cc3cccnc3)cc(Br)c2o1. The van der Waals surface area contributed by atoms with E-state index < -0.39 is 5.97 Å². The maximum atomic E-state index is 11.8. The molecular formula is C17H14BrNO3. The van der Waals surface area contributed by atoms with Gasteiger partial charge in [-0.3, -0.25) is 4.98 Å². The number of hydrogen-bond donors (Lipinski definition) is 0. The first kappa shape index (κ1) is 14.8. The Morgan fingerprint density at radius 1 is 1.32 bits per heavy atom. The smallest absolute Gasteiger partial charge is 0.374 e. The fraction of sp³-hybridized carbons (Fsp3) is 0.176. The number of halogens is 1. The van der Waals surface area contributed by atoms with Crippen molar-refractivity contribution < 1.29 is 13.9 Å². The average molecular weight is 360 g/mol. The summed E-state index contributed by atoms with van der Waals surface area (Å²) >= 11 is 3.50. The molecule has 0 aliphatic rings. The number of carbonyl (C=O) groups is 1. The zero-order valence-electron chi connectivity index (χ0n) is 12.0. The number of benzene rings is 1. The minimum absolute atomic E-state index is 0.219. The van der Waals surface area contributed by atoms with Crippen LogP contribution < -0.4 is 0 Å². The van der Waals surface area contributed by atoms with Gasteiger partial charge >= 0.3 is 5.97 Å². The van der Waals surface area contributed by atoms with Gasteiger partial charge in [0.15, 0.2) is 0 Å². The van der Waals surface area contributed by atoms with Crippen LogP contribution in [0.25, 0.3) is 11.0 Å². The van der Waals surface area contributed by atoms with Crippen molar-refractivity contribution in [1.82, 2.24) is 4.98 Å². The van der Waals surface area contributed by atoms with Gasteiger partial charge in [-0.05, 0) is 64.7 Å². The molecule has 0 N–H and O–H groups in total. The van der Waals surface area contributed by atoms with E-state index in [1.54, 1.807) is 19.2 Å². The van der Waals surface area contributed by atoms with E-state index in [9.17, 15) is 4.79 Å². The highest BCUT2D eigenvalue weighted by atomic mass is 79.9. The second kappa shape index (κ2) is 6.32. The maximum absolute atomic E-state index is 11.8. The lowest BCUT2D eigenvalue weighted by Crippen LogP contribution is -2.02. The summed E-state index contributed by atoms with van der Waals surface area (Å²) in [6, 6.07) is 9.67. The second-order valence-electron chi connectivity index (χ2n) is 4.87. The fourth-order valence-electron chi connectivity index (χ4n) is 2.31. The largest absolute Gasteiger partial charge is 0.460 e. The number of fused-ring (bicyclic) bond motifs is 1. The first-order valence-electron chi connectivity index (χ1n) is 6.95. The molecule has 0 amide bonds. The zero-order valence-corrected chi connectivity index (χ0v) is 13.6. The van der Waals surface area contributed by atoms with Crippen molar-refractivity contribution in [2.75, 3.05) is 6.61 Å². The fourth-order valence-corrected chi connectivity index (χ4v) is 2.92. The lowest BCUT2D eigenvalue weighted by Gasteiger charge is -2.03. The number of esters is 1. The van der Waals surface area contributed by atoms with Gasteiger partial charge in [-0.15, -0.1) is 0 Å². The first-order valence-corrected chi connectivity index (χ1v) is 7.74. The van der Waals surface area contributed by atoms with Gasteiger partial charge in [0.2, 0.25) is 5.76 Å². The number of carbonyl (C=O) groups excluding carboxylic acids is 1. The van der Waals surface area contributed by atoms with Crippen LogP contribution in [0.15, 0.2) is 51.6 Å². The summed E-state index contributed by atoms with van der Waals surface area (Å²) in [6.07, 6.45) is 4.37. The Morgan fingerprint density at radius 2 is 2.18 bits per heavy atom. The van der Waals surface area contributed by atoms with E-state index in [1.165, 1.54) is 0 Å². The van der Waals surface area contributed by atoms with Crippen LogP contribution >= 0.6 is 15.9 Å². The van der Waals surface area contributed by atoms with Crippen molar-refractivity contribution in [2.45, 2.75) is 13.3 Å². The van der Waals surface area contributed by atoms with Gasteiger partial charge in [0.1, 0.15) is 5.58 Å². The Hall–Kier alpha value is -2.14. The van der Waals surface area contributed by atoms with Crippen LogP contribution in [-0.2, 0) is 11.2 Å². The van der Waals surface area contributed by atoms with Gasteiger partial charge in [-0.1, -0.05) is 6.07 Å². The topological polar surface area (TPSA) is 52.3 Å². The first-order chi connectivity index (χ1) is 10.7. The molecule has 2 heterocycles. The average Bonchev–Trinajstić information content (AvgIpc) is 2.93. The third-order valence-corrected chi connectivity index (χ3v) is 3.83. The van der Waals surface area contributed by atoms with Crippen molar-refractivity contribution in [3.05, 3.63) is 64.1 Å². The predicted molar refractivity (Wildman–Crippen MR) is 86.9 cm³/mol. The minimum atomic E-state index is -0.445. The van der Waals surface area contributed by atoms with Crippen LogP contribution in [0.3, 0.4) is 0 Å². The Balaban J connectivity index is 1.96. The van der Waals surface area contributed by atoms with Gasteiger partial charge in [-0.25, -0.2) is 4.79 Å². The van der Waals surface area contributed by atoms with Crippen LogP contribution in [-0.4, -0.2) is 17.6 Å². The summed E-state index contributed by atoms with van der Waals surface area (Å²) in [7, 11) is 0. The number of aromatic nitrogens is 1. The van der Waals surface area contributed by atoms with Gasteiger partial charge in [0, 0.05) is 17.8 Å². The monoisotopic (exact) mass is 359 g/mol. The number of nitrogens with zero attached hydrogens (tertiary/aromatic N) is 1. The van der Waals surface area contributed by atoms with Crippen LogP contribution in [0.4, 0.5) is 0 Å². The Morgan fingerprint density at radius 3 is 2.91 bits per heavy atom. The highest BCUT2D eigenvalue weighted by Gasteiger charge is 2.15. The summed E-state index contributed by atoms with van der Waals surface area (Å²) in [6.45, 7) is 2.09. The lowest BCUT2D eigenvalue weighted by atomic mass is 10.1. The minimum Gasteiger partial charge on any atom is -0.460 e. The molecular weight excluding hydrogens is 346 g/mol. The third kappa shape index (κ3) is 3.04. The molecule has 3 rings (SSSR count). The third-order valence-electron chi connectivity index (χ3n) is 3.24. The van der Waals surface area contributed by atoms with Crippen molar-refractivity contribution in [3.8, 4) is 0 Å². The quantitative estimate of drug-likeness (QED) is 0.649. The Labute approximate surface area is 136 Å². The van der Waals surface area contributed by atoms with Crippen LogP contribution in [0.2, 0.25) is 0 Å². The predicted octanol–water partition coefficient (Wildman–Crippen LogP) is 4.36. The van der Waals surface area contributed by atoms with Gasteiger partial charge in [-0.2, -0.15) is 0 Å². The summed E-state index contributed by atoms with van der Waals surface area (Å²) < 4.78 is 11.4. The zero-order chi connectivity index (χ0) is 15.5. The summed E-state index contributed by atoms with van der Waals surface area (Å²) in [5.41, 5.74) is 2.89. The Kier molecular flexibility index (Phi) is 4.24. The van der Waals surface area contributed by atoms with Gasteiger partial charge in [0.05, 0.1) is 11.1 Å². The number of ether oxygens (including phenoxy) is 1. The highest BCUT2D eigenvalue weighted by Crippen LogP contribution is 2.30. The molecule has 0 atom stereocenters. The lowest BCUT2D eigenvalue weighted by molar-refractivity contribution is 0.0492. The maximum Gasteiger partial charge on any atom is 0.374 e. The molecule has 0 unspecified atom stereocenters. The molecule has 0 fully saturated rings. The summed E-state index contributed by atoms with van der Waals surface area (Å²) in [5, 5.41) is 0.872. The normalized spacial score (nSPS) is 10.8. The molecule has 4 nitrogen and oxygen atoms in total. The number of hydrogen-bond acceptors (Lipinski definition) is 4.